The molecule has 0 saturated carbocycles. The number of para-hydroxylation sites is 3. The standard InChI is InChI=1S/C27H30N4O6/c32-22-7-1-4-19(25(22)35)16-28-10-13-31(14-11-29-17-20-5-2-8-23(33)26(20)36)15-12-30-18-21-6-3-9-24(34)27(21)37/h1-9,16-18,32-37H,10-15H2. The molecule has 0 spiro atoms. The van der Waals surface area contributed by atoms with E-state index in [1.807, 2.05) is 0 Å². The molecule has 0 aliphatic heterocycles. The Hall–Kier alpha value is -4.57. The third-order valence-electron chi connectivity index (χ3n) is 5.46. The monoisotopic (exact) mass is 506 g/mol. The number of benzene rings is 3. The van der Waals surface area contributed by atoms with Crippen LogP contribution in [0.2, 0.25) is 0 Å². The molecule has 37 heavy (non-hydrogen) atoms. The van der Waals surface area contributed by atoms with Gasteiger partial charge in [0.15, 0.2) is 34.5 Å². The minimum absolute atomic E-state index is 0.211. The van der Waals surface area contributed by atoms with Crippen molar-refractivity contribution in [3.05, 3.63) is 71.3 Å². The van der Waals surface area contributed by atoms with Crippen LogP contribution in [0.4, 0.5) is 0 Å². The zero-order chi connectivity index (χ0) is 26.6. The van der Waals surface area contributed by atoms with Crippen molar-refractivity contribution < 1.29 is 30.6 Å². The number of phenols is 6. The van der Waals surface area contributed by atoms with Crippen molar-refractivity contribution in [2.24, 2.45) is 15.0 Å². The summed E-state index contributed by atoms with van der Waals surface area (Å²) in [6.07, 6.45) is 4.50. The number of hydrogen-bond acceptors (Lipinski definition) is 10. The van der Waals surface area contributed by atoms with E-state index in [4.69, 9.17) is 0 Å². The molecule has 0 radical (unpaired) electrons. The Morgan fingerprint density at radius 2 is 0.784 bits per heavy atom. The average Bonchev–Trinajstić information content (AvgIpc) is 2.88. The first-order valence-electron chi connectivity index (χ1n) is 11.6. The number of aromatic hydroxyl groups is 6. The molecule has 0 unspecified atom stereocenters. The van der Waals surface area contributed by atoms with Gasteiger partial charge < -0.3 is 30.6 Å². The highest BCUT2D eigenvalue weighted by atomic mass is 16.3. The van der Waals surface area contributed by atoms with Gasteiger partial charge in [-0.25, -0.2) is 0 Å². The predicted octanol–water partition coefficient (Wildman–Crippen LogP) is 2.88. The van der Waals surface area contributed by atoms with Gasteiger partial charge in [-0.1, -0.05) is 18.2 Å². The molecule has 0 aliphatic rings. The maximum Gasteiger partial charge on any atom is 0.166 e. The molecule has 10 heteroatoms. The van der Waals surface area contributed by atoms with Gasteiger partial charge in [0.25, 0.3) is 0 Å². The van der Waals surface area contributed by atoms with Gasteiger partial charge >= 0.3 is 0 Å². The Balaban J connectivity index is 1.59. The normalized spacial score (nSPS) is 11.9. The molecule has 0 heterocycles. The van der Waals surface area contributed by atoms with E-state index in [0.29, 0.717) is 56.0 Å². The van der Waals surface area contributed by atoms with Gasteiger partial charge in [0.1, 0.15) is 0 Å². The minimum atomic E-state index is -0.225. The fraction of sp³-hybridized carbons (Fsp3) is 0.222. The van der Waals surface area contributed by atoms with E-state index >= 15 is 0 Å². The second-order valence-corrected chi connectivity index (χ2v) is 8.09. The quantitative estimate of drug-likeness (QED) is 0.163. The van der Waals surface area contributed by atoms with Crippen molar-refractivity contribution in [2.75, 3.05) is 39.3 Å². The summed E-state index contributed by atoms with van der Waals surface area (Å²) in [7, 11) is 0. The van der Waals surface area contributed by atoms with Crippen molar-refractivity contribution >= 4 is 18.6 Å². The van der Waals surface area contributed by atoms with E-state index in [1.54, 1.807) is 36.4 Å². The van der Waals surface area contributed by atoms with Crippen molar-refractivity contribution in [1.29, 1.82) is 0 Å². The van der Waals surface area contributed by atoms with E-state index in [1.165, 1.54) is 36.8 Å². The van der Waals surface area contributed by atoms with E-state index in [-0.39, 0.29) is 34.5 Å². The van der Waals surface area contributed by atoms with Crippen molar-refractivity contribution in [3.63, 3.8) is 0 Å². The van der Waals surface area contributed by atoms with Crippen molar-refractivity contribution in [1.82, 2.24) is 4.90 Å². The Kier molecular flexibility index (Phi) is 9.86. The SMILES string of the molecule is Oc1cccc(C=NCCN(CCN=Cc2cccc(O)c2O)CCN=Cc2cccc(O)c2O)c1O. The van der Waals surface area contributed by atoms with Gasteiger partial charge in [0, 0.05) is 55.0 Å². The first kappa shape index (κ1) is 27.0. The molecule has 0 atom stereocenters. The molecule has 6 N–H and O–H groups in total. The lowest BCUT2D eigenvalue weighted by molar-refractivity contribution is 0.298. The minimum Gasteiger partial charge on any atom is -0.504 e. The first-order valence-corrected chi connectivity index (χ1v) is 11.6. The van der Waals surface area contributed by atoms with Crippen LogP contribution in [-0.4, -0.2) is 93.5 Å². The summed E-state index contributed by atoms with van der Waals surface area (Å²) in [5.41, 5.74) is 1.24. The molecule has 3 aromatic carbocycles. The van der Waals surface area contributed by atoms with Crippen LogP contribution < -0.4 is 0 Å². The highest BCUT2D eigenvalue weighted by Crippen LogP contribution is 2.28. The smallest absolute Gasteiger partial charge is 0.166 e. The molecule has 194 valence electrons. The number of rotatable bonds is 12. The van der Waals surface area contributed by atoms with Crippen LogP contribution in [-0.2, 0) is 0 Å². The topological polar surface area (TPSA) is 162 Å². The third-order valence-corrected chi connectivity index (χ3v) is 5.46. The maximum atomic E-state index is 9.90. The fourth-order valence-electron chi connectivity index (χ4n) is 3.38. The molecule has 3 rings (SSSR count). The zero-order valence-electron chi connectivity index (χ0n) is 20.1. The average molecular weight is 507 g/mol. The summed E-state index contributed by atoms with van der Waals surface area (Å²) in [6, 6.07) is 14.0. The van der Waals surface area contributed by atoms with E-state index in [2.05, 4.69) is 19.9 Å². The lowest BCUT2D eigenvalue weighted by Crippen LogP contribution is -2.31. The van der Waals surface area contributed by atoms with Crippen LogP contribution in [0.3, 0.4) is 0 Å². The number of nitrogens with zero attached hydrogens (tertiary/aromatic N) is 4. The summed E-state index contributed by atoms with van der Waals surface area (Å²) in [6.45, 7) is 2.96. The molecular formula is C27H30N4O6. The van der Waals surface area contributed by atoms with Gasteiger partial charge in [-0.05, 0) is 36.4 Å². The summed E-state index contributed by atoms with van der Waals surface area (Å²) >= 11 is 0. The van der Waals surface area contributed by atoms with E-state index < -0.39 is 0 Å². The lowest BCUT2D eigenvalue weighted by Gasteiger charge is -2.19. The highest BCUT2D eigenvalue weighted by molar-refractivity contribution is 5.85. The van der Waals surface area contributed by atoms with Crippen LogP contribution in [0.25, 0.3) is 0 Å². The second kappa shape index (κ2) is 13.5. The molecule has 0 amide bonds. The molecular weight excluding hydrogens is 476 g/mol. The van der Waals surface area contributed by atoms with Crippen molar-refractivity contribution in [2.45, 2.75) is 0 Å². The van der Waals surface area contributed by atoms with Gasteiger partial charge in [-0.2, -0.15) is 0 Å². The van der Waals surface area contributed by atoms with Crippen LogP contribution in [0.1, 0.15) is 16.7 Å². The summed E-state index contributed by atoms with van der Waals surface area (Å²) in [5, 5.41) is 58.5. The molecule has 0 aliphatic carbocycles. The van der Waals surface area contributed by atoms with Gasteiger partial charge in [-0.3, -0.25) is 19.9 Å². The summed E-state index contributed by atoms with van der Waals surface area (Å²) in [5.74, 6) is -1.31. The lowest BCUT2D eigenvalue weighted by atomic mass is 10.2. The fourth-order valence-corrected chi connectivity index (χ4v) is 3.38. The number of aliphatic imine (C=N–C) groups is 3. The Morgan fingerprint density at radius 3 is 1.08 bits per heavy atom. The molecule has 10 nitrogen and oxygen atoms in total. The maximum absolute atomic E-state index is 9.90. The van der Waals surface area contributed by atoms with E-state index in [0.717, 1.165) is 0 Å². The second-order valence-electron chi connectivity index (χ2n) is 8.09. The largest absolute Gasteiger partial charge is 0.504 e. The Bertz CT molecular complexity index is 1120. The number of hydrogen-bond donors (Lipinski definition) is 6. The number of phenolic OH excluding ortho intramolecular Hbond substituents is 6. The Morgan fingerprint density at radius 1 is 0.486 bits per heavy atom. The van der Waals surface area contributed by atoms with Crippen LogP contribution in [0.15, 0.2) is 69.6 Å². The zero-order valence-corrected chi connectivity index (χ0v) is 20.1. The van der Waals surface area contributed by atoms with Gasteiger partial charge in [-0.15, -0.1) is 0 Å². The molecule has 0 fully saturated rings. The molecule has 3 aromatic rings. The van der Waals surface area contributed by atoms with Gasteiger partial charge in [0.2, 0.25) is 0 Å². The summed E-state index contributed by atoms with van der Waals surface area (Å²) < 4.78 is 0. The van der Waals surface area contributed by atoms with Crippen molar-refractivity contribution in [3.8, 4) is 34.5 Å². The van der Waals surface area contributed by atoms with Crippen LogP contribution in [0, 0.1) is 0 Å². The highest BCUT2D eigenvalue weighted by Gasteiger charge is 2.07. The van der Waals surface area contributed by atoms with Crippen LogP contribution in [0.5, 0.6) is 34.5 Å². The first-order chi connectivity index (χ1) is 17.9. The molecule has 0 bridgehead atoms. The predicted molar refractivity (Wildman–Crippen MR) is 143 cm³/mol. The van der Waals surface area contributed by atoms with Crippen LogP contribution >= 0.6 is 0 Å². The Labute approximate surface area is 214 Å². The van der Waals surface area contributed by atoms with Gasteiger partial charge in [0.05, 0.1) is 19.6 Å². The third kappa shape index (κ3) is 7.97. The summed E-state index contributed by atoms with van der Waals surface area (Å²) in [4.78, 5) is 15.1. The van der Waals surface area contributed by atoms with E-state index in [9.17, 15) is 30.6 Å². The molecule has 0 aromatic heterocycles. The molecule has 0 saturated heterocycles.